The van der Waals surface area contributed by atoms with E-state index in [1.165, 1.54) is 0 Å². The van der Waals surface area contributed by atoms with E-state index in [2.05, 4.69) is 0 Å². The SMILES string of the molecule is CCN(C)[C@H]1[C@@H](OCc2ccccc2)O[C@@H]2CO[C@@H](c3ccccc3)O[C@H]2[C@@H]1O. The van der Waals surface area contributed by atoms with Crippen LogP contribution in [0.5, 0.6) is 0 Å². The van der Waals surface area contributed by atoms with Gasteiger partial charge in [-0.3, -0.25) is 4.90 Å². The molecule has 2 aromatic rings. The molecule has 156 valence electrons. The van der Waals surface area contributed by atoms with E-state index in [1.54, 1.807) is 0 Å². The summed E-state index contributed by atoms with van der Waals surface area (Å²) in [5.41, 5.74) is 1.99. The van der Waals surface area contributed by atoms with Crippen molar-refractivity contribution in [1.29, 1.82) is 0 Å². The Kier molecular flexibility index (Phi) is 6.60. The van der Waals surface area contributed by atoms with Gasteiger partial charge in [0.05, 0.1) is 19.3 Å². The Labute approximate surface area is 171 Å². The molecule has 4 rings (SSSR count). The second-order valence-corrected chi connectivity index (χ2v) is 7.57. The van der Waals surface area contributed by atoms with Crippen LogP contribution in [0.15, 0.2) is 60.7 Å². The lowest BCUT2D eigenvalue weighted by Gasteiger charge is -2.49. The van der Waals surface area contributed by atoms with E-state index in [9.17, 15) is 5.11 Å². The van der Waals surface area contributed by atoms with Crippen molar-refractivity contribution in [3.63, 3.8) is 0 Å². The molecule has 0 bridgehead atoms. The van der Waals surface area contributed by atoms with E-state index in [4.69, 9.17) is 18.9 Å². The molecule has 6 nitrogen and oxygen atoms in total. The maximum absolute atomic E-state index is 11.2. The molecule has 2 fully saturated rings. The maximum Gasteiger partial charge on any atom is 0.184 e. The Morgan fingerprint density at radius 3 is 2.41 bits per heavy atom. The summed E-state index contributed by atoms with van der Waals surface area (Å²) in [7, 11) is 1.96. The molecule has 0 aliphatic carbocycles. The minimum absolute atomic E-state index is 0.334. The van der Waals surface area contributed by atoms with Gasteiger partial charge in [0, 0.05) is 5.56 Å². The van der Waals surface area contributed by atoms with Gasteiger partial charge in [-0.15, -0.1) is 0 Å². The number of rotatable bonds is 6. The summed E-state index contributed by atoms with van der Waals surface area (Å²) in [6.07, 6.45) is -2.70. The maximum atomic E-state index is 11.2. The molecule has 6 atom stereocenters. The molecule has 2 saturated heterocycles. The number of benzene rings is 2. The van der Waals surface area contributed by atoms with Crippen LogP contribution >= 0.6 is 0 Å². The molecule has 2 aromatic carbocycles. The topological polar surface area (TPSA) is 60.4 Å². The fraction of sp³-hybridized carbons (Fsp3) is 0.478. The number of nitrogens with zero attached hydrogens (tertiary/aromatic N) is 1. The molecule has 0 amide bonds. The summed E-state index contributed by atoms with van der Waals surface area (Å²) in [5.74, 6) is 0. The first-order chi connectivity index (χ1) is 14.2. The number of likely N-dealkylation sites (N-methyl/N-ethyl adjacent to an activating group) is 1. The lowest BCUT2D eigenvalue weighted by atomic mass is 9.94. The molecular weight excluding hydrogens is 370 g/mol. The molecule has 1 N–H and O–H groups in total. The second-order valence-electron chi connectivity index (χ2n) is 7.57. The highest BCUT2D eigenvalue weighted by atomic mass is 16.7. The summed E-state index contributed by atoms with van der Waals surface area (Å²) in [4.78, 5) is 2.05. The monoisotopic (exact) mass is 399 g/mol. The lowest BCUT2D eigenvalue weighted by Crippen LogP contribution is -2.66. The molecule has 0 aromatic heterocycles. The van der Waals surface area contributed by atoms with Gasteiger partial charge in [0.25, 0.3) is 0 Å². The number of aliphatic hydroxyl groups excluding tert-OH is 1. The van der Waals surface area contributed by atoms with Gasteiger partial charge in [-0.05, 0) is 19.2 Å². The highest BCUT2D eigenvalue weighted by molar-refractivity contribution is 5.17. The van der Waals surface area contributed by atoms with Crippen molar-refractivity contribution < 1.29 is 24.1 Å². The van der Waals surface area contributed by atoms with Gasteiger partial charge in [0.2, 0.25) is 0 Å². The third kappa shape index (κ3) is 4.53. The van der Waals surface area contributed by atoms with Gasteiger partial charge in [0.15, 0.2) is 12.6 Å². The van der Waals surface area contributed by atoms with E-state index in [-0.39, 0.29) is 12.1 Å². The Morgan fingerprint density at radius 1 is 1.03 bits per heavy atom. The van der Waals surface area contributed by atoms with E-state index in [1.807, 2.05) is 79.5 Å². The Balaban J connectivity index is 1.49. The van der Waals surface area contributed by atoms with Crippen LogP contribution in [0.3, 0.4) is 0 Å². The standard InChI is InChI=1S/C23H29NO5/c1-3-24(2)19-20(25)21-18(15-27-22(29-21)17-12-8-5-9-13-17)28-23(19)26-14-16-10-6-4-7-11-16/h4-13,18-23,25H,3,14-15H2,1-2H3/t18-,19-,20-,21-,22-,23+/m1/s1. The van der Waals surface area contributed by atoms with E-state index in [0.29, 0.717) is 13.2 Å². The van der Waals surface area contributed by atoms with E-state index >= 15 is 0 Å². The summed E-state index contributed by atoms with van der Waals surface area (Å²) in [5, 5.41) is 11.2. The van der Waals surface area contributed by atoms with Crippen LogP contribution in [0.25, 0.3) is 0 Å². The third-order valence-corrected chi connectivity index (χ3v) is 5.67. The van der Waals surface area contributed by atoms with Crippen LogP contribution in [-0.4, -0.2) is 60.8 Å². The second kappa shape index (κ2) is 9.34. The highest BCUT2D eigenvalue weighted by Gasteiger charge is 2.50. The van der Waals surface area contributed by atoms with Crippen molar-refractivity contribution in [2.75, 3.05) is 20.2 Å². The molecular formula is C23H29NO5. The predicted molar refractivity (Wildman–Crippen MR) is 108 cm³/mol. The van der Waals surface area contributed by atoms with Gasteiger partial charge in [-0.25, -0.2) is 0 Å². The molecule has 0 saturated carbocycles. The minimum atomic E-state index is -0.755. The summed E-state index contributed by atoms with van der Waals surface area (Å²) in [6, 6.07) is 19.4. The van der Waals surface area contributed by atoms with Crippen molar-refractivity contribution >= 4 is 0 Å². The molecule has 0 radical (unpaired) electrons. The highest BCUT2D eigenvalue weighted by Crippen LogP contribution is 2.35. The Hall–Kier alpha value is -1.80. The number of fused-ring (bicyclic) bond motifs is 1. The Morgan fingerprint density at radius 2 is 1.72 bits per heavy atom. The van der Waals surface area contributed by atoms with Crippen molar-refractivity contribution in [2.24, 2.45) is 0 Å². The van der Waals surface area contributed by atoms with Crippen LogP contribution in [0.4, 0.5) is 0 Å². The average molecular weight is 399 g/mol. The molecule has 2 heterocycles. The van der Waals surface area contributed by atoms with Crippen molar-refractivity contribution in [3.8, 4) is 0 Å². The largest absolute Gasteiger partial charge is 0.388 e. The van der Waals surface area contributed by atoms with Crippen LogP contribution < -0.4 is 0 Å². The molecule has 29 heavy (non-hydrogen) atoms. The first-order valence-electron chi connectivity index (χ1n) is 10.2. The van der Waals surface area contributed by atoms with E-state index < -0.39 is 24.8 Å². The van der Waals surface area contributed by atoms with Crippen molar-refractivity contribution in [2.45, 2.75) is 50.5 Å². The van der Waals surface area contributed by atoms with Gasteiger partial charge < -0.3 is 24.1 Å². The van der Waals surface area contributed by atoms with E-state index in [0.717, 1.165) is 17.7 Å². The number of ether oxygens (including phenoxy) is 4. The molecule has 0 unspecified atom stereocenters. The first kappa shape index (κ1) is 20.5. The summed E-state index contributed by atoms with van der Waals surface area (Å²) < 4.78 is 24.4. The fourth-order valence-electron chi connectivity index (χ4n) is 3.93. The van der Waals surface area contributed by atoms with Crippen LogP contribution in [0.1, 0.15) is 24.3 Å². The zero-order chi connectivity index (χ0) is 20.2. The minimum Gasteiger partial charge on any atom is -0.388 e. The quantitative estimate of drug-likeness (QED) is 0.806. The smallest absolute Gasteiger partial charge is 0.184 e. The molecule has 2 aliphatic heterocycles. The van der Waals surface area contributed by atoms with Gasteiger partial charge in [-0.1, -0.05) is 67.6 Å². The molecule has 0 spiro atoms. The van der Waals surface area contributed by atoms with Crippen LogP contribution in [-0.2, 0) is 25.6 Å². The Bertz CT molecular complexity index is 758. The molecule has 2 aliphatic rings. The fourth-order valence-corrected chi connectivity index (χ4v) is 3.93. The van der Waals surface area contributed by atoms with Gasteiger partial charge in [-0.2, -0.15) is 0 Å². The van der Waals surface area contributed by atoms with Crippen molar-refractivity contribution in [1.82, 2.24) is 4.90 Å². The number of hydrogen-bond acceptors (Lipinski definition) is 6. The normalized spacial score (nSPS) is 32.1. The summed E-state index contributed by atoms with van der Waals surface area (Å²) in [6.45, 7) is 3.56. The van der Waals surface area contributed by atoms with Gasteiger partial charge >= 0.3 is 0 Å². The summed E-state index contributed by atoms with van der Waals surface area (Å²) >= 11 is 0. The van der Waals surface area contributed by atoms with Crippen LogP contribution in [0.2, 0.25) is 0 Å². The van der Waals surface area contributed by atoms with Crippen molar-refractivity contribution in [3.05, 3.63) is 71.8 Å². The van der Waals surface area contributed by atoms with Crippen LogP contribution in [0, 0.1) is 0 Å². The number of aliphatic hydroxyl groups is 1. The molecule has 6 heteroatoms. The lowest BCUT2D eigenvalue weighted by molar-refractivity contribution is -0.354. The zero-order valence-corrected chi connectivity index (χ0v) is 16.9. The number of hydrogen-bond donors (Lipinski definition) is 1. The predicted octanol–water partition coefficient (Wildman–Crippen LogP) is 2.72. The first-order valence-corrected chi connectivity index (χ1v) is 10.2. The third-order valence-electron chi connectivity index (χ3n) is 5.67. The average Bonchev–Trinajstić information content (AvgIpc) is 2.78. The zero-order valence-electron chi connectivity index (χ0n) is 16.9. The van der Waals surface area contributed by atoms with Gasteiger partial charge in [0.1, 0.15) is 18.3 Å².